The number of carbonyl (C=O) groups excluding carboxylic acids is 2. The van der Waals surface area contributed by atoms with Crippen LogP contribution in [-0.2, 0) is 4.79 Å². The Labute approximate surface area is 181 Å². The van der Waals surface area contributed by atoms with Gasteiger partial charge < -0.3 is 10.1 Å². The number of aromatic nitrogens is 2. The number of benzene rings is 1. The molecule has 1 atom stereocenters. The van der Waals surface area contributed by atoms with Gasteiger partial charge in [0, 0.05) is 18.0 Å². The quantitative estimate of drug-likeness (QED) is 0.455. The van der Waals surface area contributed by atoms with Crippen molar-refractivity contribution < 1.29 is 31.9 Å². The first kappa shape index (κ1) is 22.2. The highest BCUT2D eigenvalue weighted by Crippen LogP contribution is 2.69. The third kappa shape index (κ3) is 4.31. The fourth-order valence-corrected chi connectivity index (χ4v) is 4.69. The Kier molecular flexibility index (Phi) is 5.64. The van der Waals surface area contributed by atoms with Gasteiger partial charge in [0.15, 0.2) is 12.4 Å². The van der Waals surface area contributed by atoms with Crippen LogP contribution in [0.15, 0.2) is 30.6 Å². The molecule has 0 spiro atoms. The zero-order chi connectivity index (χ0) is 23.1. The van der Waals surface area contributed by atoms with Crippen LogP contribution < -0.4 is 10.1 Å². The van der Waals surface area contributed by atoms with E-state index in [0.717, 1.165) is 12.1 Å². The van der Waals surface area contributed by atoms with Crippen LogP contribution in [0.2, 0.25) is 0 Å². The third-order valence-electron chi connectivity index (χ3n) is 6.02. The second-order valence-corrected chi connectivity index (χ2v) is 8.67. The highest BCUT2D eigenvalue weighted by atomic mass is 19.3. The van der Waals surface area contributed by atoms with E-state index in [9.17, 15) is 27.2 Å². The lowest BCUT2D eigenvalue weighted by Gasteiger charge is -2.70. The van der Waals surface area contributed by atoms with Gasteiger partial charge in [0.2, 0.25) is 0 Å². The molecule has 1 amide bonds. The van der Waals surface area contributed by atoms with E-state index in [-0.39, 0.29) is 46.9 Å². The Hall–Kier alpha value is -3.04. The molecule has 170 valence electrons. The summed E-state index contributed by atoms with van der Waals surface area (Å²) in [4.78, 5) is 32.5. The summed E-state index contributed by atoms with van der Waals surface area (Å²) in [7, 11) is 0. The molecule has 1 aromatic carbocycles. The van der Waals surface area contributed by atoms with Gasteiger partial charge in [-0.05, 0) is 43.7 Å². The first-order valence-electron chi connectivity index (χ1n) is 10.1. The molecule has 5 rings (SSSR count). The Morgan fingerprint density at radius 1 is 1.16 bits per heavy atom. The molecule has 3 fully saturated rings. The molecule has 0 radical (unpaired) electrons. The molecule has 3 saturated carbocycles. The minimum Gasteiger partial charge on any atom is -0.484 e. The lowest BCUT2D eigenvalue weighted by Crippen LogP contribution is -2.75. The van der Waals surface area contributed by atoms with Gasteiger partial charge in [-0.25, -0.2) is 22.5 Å². The van der Waals surface area contributed by atoms with Crippen LogP contribution in [-0.4, -0.2) is 33.8 Å². The second kappa shape index (κ2) is 8.14. The van der Waals surface area contributed by atoms with Crippen LogP contribution in [0.5, 0.6) is 5.75 Å². The number of amides is 1. The zero-order valence-corrected chi connectivity index (χ0v) is 17.2. The lowest BCUT2D eigenvalue weighted by atomic mass is 9.38. The number of nitrogens with zero attached hydrogens (tertiary/aromatic N) is 2. The van der Waals surface area contributed by atoms with Crippen molar-refractivity contribution in [3.63, 3.8) is 0 Å². The van der Waals surface area contributed by atoms with Crippen molar-refractivity contribution >= 4 is 11.7 Å². The van der Waals surface area contributed by atoms with Crippen LogP contribution in [0.25, 0.3) is 0 Å². The van der Waals surface area contributed by atoms with Crippen LogP contribution >= 0.6 is 0 Å². The lowest BCUT2D eigenvalue weighted by molar-refractivity contribution is -0.164. The summed E-state index contributed by atoms with van der Waals surface area (Å²) in [5.74, 6) is -1.70. The minimum atomic E-state index is -2.93. The second-order valence-electron chi connectivity index (χ2n) is 8.67. The smallest absolute Gasteiger partial charge is 0.266 e. The fraction of sp³-hybridized carbons (Fsp3) is 0.455. The highest BCUT2D eigenvalue weighted by Gasteiger charge is 2.68. The summed E-state index contributed by atoms with van der Waals surface area (Å²) in [5.41, 5.74) is -0.938. The number of alkyl halides is 3. The Balaban J connectivity index is 1.23. The predicted octanol–water partition coefficient (Wildman–Crippen LogP) is 4.27. The molecular weight excluding hydrogens is 430 g/mol. The molecule has 3 aliphatic carbocycles. The molecule has 2 bridgehead atoms. The highest BCUT2D eigenvalue weighted by molar-refractivity contribution is 5.94. The summed E-state index contributed by atoms with van der Waals surface area (Å²) in [6.07, 6.45) is 0.552. The van der Waals surface area contributed by atoms with Crippen molar-refractivity contribution in [3.8, 4) is 5.75 Å². The minimum absolute atomic E-state index is 0.0176. The standard InChI is InChI=1S/C22H21F4N3O3/c1-12(23)16-6-28-17(7-27-16)18(30)5-21-9-22(10-21,11-21)29-19(31)8-32-13-2-3-14(20(25)26)15(24)4-13/h2-4,6-7,12,20H,5,8-11H2,1H3,(H,29,31). The Morgan fingerprint density at radius 3 is 2.44 bits per heavy atom. The maximum Gasteiger partial charge on any atom is 0.266 e. The molecule has 0 saturated heterocycles. The number of Topliss-reactive ketones (excluding diaryl/α,β-unsaturated/α-hetero) is 1. The van der Waals surface area contributed by atoms with Crippen molar-refractivity contribution in [2.75, 3.05) is 6.61 Å². The van der Waals surface area contributed by atoms with Crippen molar-refractivity contribution in [3.05, 3.63) is 53.4 Å². The number of halogens is 4. The Morgan fingerprint density at radius 2 is 1.88 bits per heavy atom. The average Bonchev–Trinajstić information content (AvgIpc) is 2.69. The van der Waals surface area contributed by atoms with Crippen LogP contribution in [0.1, 0.15) is 66.9 Å². The number of rotatable bonds is 9. The normalized spacial score (nSPS) is 24.3. The largest absolute Gasteiger partial charge is 0.484 e. The monoisotopic (exact) mass is 451 g/mol. The van der Waals surface area contributed by atoms with Gasteiger partial charge in [0.25, 0.3) is 12.3 Å². The first-order valence-corrected chi connectivity index (χ1v) is 10.1. The molecule has 6 nitrogen and oxygen atoms in total. The number of hydrogen-bond donors (Lipinski definition) is 1. The third-order valence-corrected chi connectivity index (χ3v) is 6.02. The van der Waals surface area contributed by atoms with Crippen LogP contribution in [0, 0.1) is 11.2 Å². The molecule has 1 unspecified atom stereocenters. The summed E-state index contributed by atoms with van der Waals surface area (Å²) in [5, 5.41) is 2.87. The molecule has 10 heteroatoms. The van der Waals surface area contributed by atoms with E-state index in [0.29, 0.717) is 19.3 Å². The van der Waals surface area contributed by atoms with Gasteiger partial charge in [-0.3, -0.25) is 14.6 Å². The number of ether oxygens (including phenoxy) is 1. The van der Waals surface area contributed by atoms with Gasteiger partial charge >= 0.3 is 0 Å². The molecule has 32 heavy (non-hydrogen) atoms. The number of nitrogens with one attached hydrogen (secondary N) is 1. The topological polar surface area (TPSA) is 81.2 Å². The van der Waals surface area contributed by atoms with Gasteiger partial charge in [0.1, 0.15) is 23.4 Å². The molecule has 1 N–H and O–H groups in total. The van der Waals surface area contributed by atoms with Crippen LogP contribution in [0.4, 0.5) is 17.6 Å². The maximum absolute atomic E-state index is 13.6. The van der Waals surface area contributed by atoms with E-state index in [1.807, 2.05) is 0 Å². The van der Waals surface area contributed by atoms with Gasteiger partial charge in [-0.2, -0.15) is 0 Å². The van der Waals surface area contributed by atoms with Crippen LogP contribution in [0.3, 0.4) is 0 Å². The van der Waals surface area contributed by atoms with Gasteiger partial charge in [-0.1, -0.05) is 0 Å². The number of hydrogen-bond acceptors (Lipinski definition) is 5. The summed E-state index contributed by atoms with van der Waals surface area (Å²) < 4.78 is 57.1. The molecule has 1 heterocycles. The summed E-state index contributed by atoms with van der Waals surface area (Å²) in [6.45, 7) is 0.962. The molecule has 3 aliphatic rings. The van der Waals surface area contributed by atoms with Gasteiger partial charge in [0.05, 0.1) is 23.7 Å². The van der Waals surface area contributed by atoms with E-state index in [4.69, 9.17) is 4.74 Å². The van der Waals surface area contributed by atoms with E-state index in [1.165, 1.54) is 25.4 Å². The van der Waals surface area contributed by atoms with Crippen molar-refractivity contribution in [1.82, 2.24) is 15.3 Å². The number of ketones is 1. The average molecular weight is 451 g/mol. The van der Waals surface area contributed by atoms with Crippen molar-refractivity contribution in [2.45, 2.75) is 50.7 Å². The molecule has 1 aromatic heterocycles. The van der Waals surface area contributed by atoms with E-state index in [1.54, 1.807) is 0 Å². The SMILES string of the molecule is CC(F)c1cnc(C(=O)CC23CC(NC(=O)COc4ccc(C(F)F)c(F)c4)(C2)C3)cn1. The van der Waals surface area contributed by atoms with Crippen molar-refractivity contribution in [1.29, 1.82) is 0 Å². The van der Waals surface area contributed by atoms with E-state index < -0.39 is 29.9 Å². The van der Waals surface area contributed by atoms with Gasteiger partial charge in [-0.15, -0.1) is 0 Å². The number of carbonyl (C=O) groups is 2. The summed E-state index contributed by atoms with van der Waals surface area (Å²) >= 11 is 0. The Bertz CT molecular complexity index is 1020. The zero-order valence-electron chi connectivity index (χ0n) is 17.2. The van der Waals surface area contributed by atoms with E-state index >= 15 is 0 Å². The maximum atomic E-state index is 13.6. The first-order chi connectivity index (χ1) is 15.1. The van der Waals surface area contributed by atoms with Crippen molar-refractivity contribution in [2.24, 2.45) is 5.41 Å². The molecule has 0 aliphatic heterocycles. The predicted molar refractivity (Wildman–Crippen MR) is 105 cm³/mol. The molecular formula is C22H21F4N3O3. The van der Waals surface area contributed by atoms with E-state index in [2.05, 4.69) is 15.3 Å². The molecule has 2 aromatic rings. The fourth-order valence-electron chi connectivity index (χ4n) is 4.69. The summed E-state index contributed by atoms with van der Waals surface area (Å²) in [6, 6.07) is 2.93.